The summed E-state index contributed by atoms with van der Waals surface area (Å²) in [6.07, 6.45) is 5.13. The Bertz CT molecular complexity index is 1420. The van der Waals surface area contributed by atoms with E-state index >= 15 is 0 Å². The van der Waals surface area contributed by atoms with Gasteiger partial charge in [-0.3, -0.25) is 5.10 Å². The van der Waals surface area contributed by atoms with E-state index in [9.17, 15) is 5.11 Å². The number of thiophene rings is 1. The average Bonchev–Trinajstić information content (AvgIpc) is 3.49. The first-order chi connectivity index (χ1) is 16.7. The van der Waals surface area contributed by atoms with Crippen molar-refractivity contribution in [3.63, 3.8) is 0 Å². The second-order valence-corrected chi connectivity index (χ2v) is 8.83. The standard InChI is InChI=1S/C22H23N9O2S/c1-31(22-24-8-13(9-25-22)10-27-33)12-14-7-18-19(34-14)21(23-5-6-32)29-20(28-18)15-3-2-4-17-16(15)11-26-30-17/h2-4,7-9,11,27,32-33H,5-6,10,12H2,1H3,(H,26,30)(H,23,28,29). The Balaban J connectivity index is 1.49. The molecule has 5 aromatic rings. The lowest BCUT2D eigenvalue weighted by Crippen LogP contribution is -2.18. The van der Waals surface area contributed by atoms with E-state index in [1.54, 1.807) is 29.9 Å². The molecule has 0 aliphatic heterocycles. The molecule has 0 spiro atoms. The van der Waals surface area contributed by atoms with Gasteiger partial charge in [-0.1, -0.05) is 12.1 Å². The predicted octanol–water partition coefficient (Wildman–Crippen LogP) is 2.54. The fourth-order valence-electron chi connectivity index (χ4n) is 3.67. The van der Waals surface area contributed by atoms with Gasteiger partial charge in [0, 0.05) is 53.9 Å². The van der Waals surface area contributed by atoms with E-state index in [0.717, 1.165) is 37.1 Å². The molecule has 12 heteroatoms. The number of fused-ring (bicyclic) bond motifs is 2. The minimum Gasteiger partial charge on any atom is -0.395 e. The molecule has 11 nitrogen and oxygen atoms in total. The average molecular weight is 478 g/mol. The minimum atomic E-state index is -0.00174. The number of hydrogen-bond donors (Lipinski definition) is 5. The van der Waals surface area contributed by atoms with Crippen LogP contribution in [0.1, 0.15) is 10.4 Å². The van der Waals surface area contributed by atoms with Gasteiger partial charge in [0.05, 0.1) is 35.1 Å². The van der Waals surface area contributed by atoms with Crippen LogP contribution in [-0.4, -0.2) is 60.6 Å². The summed E-state index contributed by atoms with van der Waals surface area (Å²) in [6, 6.07) is 7.93. The van der Waals surface area contributed by atoms with Gasteiger partial charge in [0.25, 0.3) is 0 Å². The van der Waals surface area contributed by atoms with Crippen LogP contribution in [0.4, 0.5) is 11.8 Å². The van der Waals surface area contributed by atoms with Crippen molar-refractivity contribution in [2.45, 2.75) is 13.1 Å². The molecule has 0 fully saturated rings. The lowest BCUT2D eigenvalue weighted by Gasteiger charge is -2.15. The Morgan fingerprint density at radius 3 is 2.79 bits per heavy atom. The monoisotopic (exact) mass is 477 g/mol. The van der Waals surface area contributed by atoms with Gasteiger partial charge in [0.15, 0.2) is 5.82 Å². The molecule has 4 aromatic heterocycles. The summed E-state index contributed by atoms with van der Waals surface area (Å²) in [5.74, 6) is 1.86. The molecule has 0 saturated heterocycles. The highest BCUT2D eigenvalue weighted by Crippen LogP contribution is 2.34. The lowest BCUT2D eigenvalue weighted by atomic mass is 10.1. The van der Waals surface area contributed by atoms with Crippen molar-refractivity contribution in [3.05, 3.63) is 53.3 Å². The summed E-state index contributed by atoms with van der Waals surface area (Å²) < 4.78 is 0.922. The van der Waals surface area contributed by atoms with Crippen LogP contribution in [0.15, 0.2) is 42.9 Å². The van der Waals surface area contributed by atoms with Crippen LogP contribution in [-0.2, 0) is 13.1 Å². The molecule has 0 saturated carbocycles. The topological polar surface area (TPSA) is 148 Å². The lowest BCUT2D eigenvalue weighted by molar-refractivity contribution is 0.161. The maximum absolute atomic E-state index is 9.35. The van der Waals surface area contributed by atoms with Crippen LogP contribution in [0, 0.1) is 0 Å². The number of nitrogens with one attached hydrogen (secondary N) is 3. The predicted molar refractivity (Wildman–Crippen MR) is 131 cm³/mol. The van der Waals surface area contributed by atoms with Crippen molar-refractivity contribution >= 4 is 44.2 Å². The van der Waals surface area contributed by atoms with Crippen molar-refractivity contribution < 1.29 is 10.3 Å². The Morgan fingerprint density at radius 2 is 2.00 bits per heavy atom. The van der Waals surface area contributed by atoms with Crippen LogP contribution < -0.4 is 15.7 Å². The zero-order valence-electron chi connectivity index (χ0n) is 18.4. The molecule has 1 aromatic carbocycles. The van der Waals surface area contributed by atoms with E-state index in [1.807, 2.05) is 36.2 Å². The third-order valence-electron chi connectivity index (χ3n) is 5.26. The quantitative estimate of drug-likeness (QED) is 0.201. The van der Waals surface area contributed by atoms with Crippen molar-refractivity contribution in [1.29, 1.82) is 0 Å². The third-order valence-corrected chi connectivity index (χ3v) is 6.38. The smallest absolute Gasteiger partial charge is 0.225 e. The minimum absolute atomic E-state index is 0.00174. The first-order valence-electron chi connectivity index (χ1n) is 10.6. The molecule has 0 unspecified atom stereocenters. The number of aliphatic hydroxyl groups excluding tert-OH is 1. The number of hydrogen-bond acceptors (Lipinski definition) is 11. The molecule has 5 rings (SSSR count). The molecular weight excluding hydrogens is 454 g/mol. The van der Waals surface area contributed by atoms with Gasteiger partial charge >= 0.3 is 0 Å². The summed E-state index contributed by atoms with van der Waals surface area (Å²) in [5, 5.41) is 29.5. The van der Waals surface area contributed by atoms with Crippen LogP contribution in [0.25, 0.3) is 32.5 Å². The zero-order chi connectivity index (χ0) is 23.5. The fraction of sp³-hybridized carbons (Fsp3) is 0.227. The highest BCUT2D eigenvalue weighted by molar-refractivity contribution is 7.19. The van der Waals surface area contributed by atoms with Gasteiger partial charge in [-0.25, -0.2) is 25.4 Å². The molecule has 5 N–H and O–H groups in total. The number of benzene rings is 1. The molecule has 34 heavy (non-hydrogen) atoms. The maximum atomic E-state index is 9.35. The number of aliphatic hydroxyl groups is 1. The van der Waals surface area contributed by atoms with Crippen LogP contribution >= 0.6 is 11.3 Å². The number of H-pyrrole nitrogens is 1. The van der Waals surface area contributed by atoms with Crippen molar-refractivity contribution in [2.24, 2.45) is 0 Å². The SMILES string of the molecule is CN(Cc1cc2nc(-c3cccc4[nH]ncc34)nc(NCCO)c2s1)c1ncc(CNO)cn1. The van der Waals surface area contributed by atoms with E-state index in [-0.39, 0.29) is 13.2 Å². The number of nitrogens with zero attached hydrogens (tertiary/aromatic N) is 6. The number of hydroxylamine groups is 1. The molecule has 0 aliphatic carbocycles. The Labute approximate surface area is 198 Å². The first kappa shape index (κ1) is 22.1. The van der Waals surface area contributed by atoms with E-state index in [4.69, 9.17) is 15.2 Å². The first-order valence-corrected chi connectivity index (χ1v) is 11.4. The Morgan fingerprint density at radius 1 is 1.15 bits per heavy atom. The van der Waals surface area contributed by atoms with Gasteiger partial charge in [-0.2, -0.15) is 5.10 Å². The second kappa shape index (κ2) is 9.65. The van der Waals surface area contributed by atoms with Crippen LogP contribution in [0.5, 0.6) is 0 Å². The number of rotatable bonds is 9. The highest BCUT2D eigenvalue weighted by Gasteiger charge is 2.16. The normalized spacial score (nSPS) is 11.4. The van der Waals surface area contributed by atoms with Gasteiger partial charge in [-0.05, 0) is 12.1 Å². The molecular formula is C22H23N9O2S. The van der Waals surface area contributed by atoms with Gasteiger partial charge < -0.3 is 20.5 Å². The van der Waals surface area contributed by atoms with E-state index in [0.29, 0.717) is 30.7 Å². The molecule has 4 heterocycles. The van der Waals surface area contributed by atoms with Crippen LogP contribution in [0.2, 0.25) is 0 Å². The van der Waals surface area contributed by atoms with E-state index in [2.05, 4.69) is 31.0 Å². The van der Waals surface area contributed by atoms with E-state index < -0.39 is 0 Å². The van der Waals surface area contributed by atoms with Gasteiger partial charge in [-0.15, -0.1) is 11.3 Å². The number of aromatic nitrogens is 6. The Hall–Kier alpha value is -3.71. The molecule has 174 valence electrons. The van der Waals surface area contributed by atoms with Crippen LogP contribution in [0.3, 0.4) is 0 Å². The number of anilines is 2. The van der Waals surface area contributed by atoms with E-state index in [1.165, 1.54) is 0 Å². The second-order valence-electron chi connectivity index (χ2n) is 7.69. The molecule has 0 amide bonds. The third kappa shape index (κ3) is 4.39. The number of aromatic amines is 1. The summed E-state index contributed by atoms with van der Waals surface area (Å²) in [5.41, 5.74) is 5.51. The van der Waals surface area contributed by atoms with Crippen molar-refractivity contribution in [2.75, 3.05) is 30.4 Å². The van der Waals surface area contributed by atoms with Gasteiger partial charge in [0.1, 0.15) is 5.82 Å². The zero-order valence-corrected chi connectivity index (χ0v) is 19.2. The molecule has 0 aliphatic rings. The van der Waals surface area contributed by atoms with Crippen molar-refractivity contribution in [3.8, 4) is 11.4 Å². The molecule has 0 bridgehead atoms. The maximum Gasteiger partial charge on any atom is 0.225 e. The summed E-state index contributed by atoms with van der Waals surface area (Å²) in [6.45, 7) is 1.26. The highest BCUT2D eigenvalue weighted by atomic mass is 32.1. The van der Waals surface area contributed by atoms with Gasteiger partial charge in [0.2, 0.25) is 5.95 Å². The molecule has 0 radical (unpaired) electrons. The van der Waals surface area contributed by atoms with Crippen molar-refractivity contribution in [1.82, 2.24) is 35.6 Å². The summed E-state index contributed by atoms with van der Waals surface area (Å²) in [7, 11) is 1.92. The molecule has 0 atom stereocenters. The Kier molecular flexibility index (Phi) is 6.27. The fourth-order valence-corrected chi connectivity index (χ4v) is 4.78. The summed E-state index contributed by atoms with van der Waals surface area (Å²) in [4.78, 5) is 21.4. The summed E-state index contributed by atoms with van der Waals surface area (Å²) >= 11 is 1.59. The largest absolute Gasteiger partial charge is 0.395 e.